The fourth-order valence-corrected chi connectivity index (χ4v) is 3.56. The second-order valence-electron chi connectivity index (χ2n) is 7.32. The molecule has 5 atom stereocenters. The van der Waals surface area contributed by atoms with Gasteiger partial charge in [-0.1, -0.05) is 35.9 Å². The Morgan fingerprint density at radius 2 is 1.65 bits per heavy atom. The first kappa shape index (κ1) is 23.8. The van der Waals surface area contributed by atoms with E-state index >= 15 is 0 Å². The Labute approximate surface area is 181 Å². The molecule has 170 valence electrons. The number of alkyl halides is 3. The van der Waals surface area contributed by atoms with Crippen LogP contribution in [0.2, 0.25) is 5.02 Å². The van der Waals surface area contributed by atoms with Crippen molar-refractivity contribution in [3.63, 3.8) is 0 Å². The van der Waals surface area contributed by atoms with E-state index in [1.54, 1.807) is 30.3 Å². The average molecular weight is 463 g/mol. The number of hydrogen-bond acceptors (Lipinski definition) is 6. The van der Waals surface area contributed by atoms with Gasteiger partial charge in [-0.2, -0.15) is 13.2 Å². The molecule has 2 aromatic rings. The van der Waals surface area contributed by atoms with Gasteiger partial charge in [-0.05, 0) is 41.3 Å². The van der Waals surface area contributed by atoms with Crippen molar-refractivity contribution >= 4 is 11.6 Å². The highest BCUT2D eigenvalue weighted by atomic mass is 35.5. The molecule has 0 amide bonds. The quantitative estimate of drug-likeness (QED) is 0.526. The molecule has 0 radical (unpaired) electrons. The molecule has 1 aliphatic heterocycles. The minimum atomic E-state index is -4.42. The normalized spacial score (nSPS) is 26.6. The van der Waals surface area contributed by atoms with Gasteiger partial charge in [-0.3, -0.25) is 0 Å². The van der Waals surface area contributed by atoms with Crippen LogP contribution in [0.1, 0.15) is 22.8 Å². The highest BCUT2D eigenvalue weighted by Gasteiger charge is 2.44. The summed E-state index contributed by atoms with van der Waals surface area (Å²) < 4.78 is 47.0. The molecule has 0 saturated carbocycles. The molecule has 10 heteroatoms. The lowest BCUT2D eigenvalue weighted by Crippen LogP contribution is -2.55. The van der Waals surface area contributed by atoms with Crippen molar-refractivity contribution in [2.24, 2.45) is 0 Å². The van der Waals surface area contributed by atoms with Gasteiger partial charge in [-0.25, -0.2) is 0 Å². The molecule has 4 N–H and O–H groups in total. The van der Waals surface area contributed by atoms with Crippen LogP contribution >= 0.6 is 11.6 Å². The molecule has 1 fully saturated rings. The smallest absolute Gasteiger partial charge is 0.422 e. The summed E-state index contributed by atoms with van der Waals surface area (Å²) in [6, 6.07) is 10.9. The predicted molar refractivity (Wildman–Crippen MR) is 105 cm³/mol. The predicted octanol–water partition coefficient (Wildman–Crippen LogP) is 2.39. The lowest BCUT2D eigenvalue weighted by Gasteiger charge is -2.40. The standard InChI is InChI=1S/C21H22ClF3O6/c22-15-6-3-12(20-19(29)18(28)17(27)16(9-26)31-20)8-13(15)7-11-1-4-14(5-2-11)30-10-21(23,24)25/h1-6,8,16-20,26-29H,7,9-10H2/t16?,17-,18?,19-,20?/m1/s1. The third kappa shape index (κ3) is 5.88. The molecule has 1 saturated heterocycles. The average Bonchev–Trinajstić information content (AvgIpc) is 2.73. The van der Waals surface area contributed by atoms with Crippen LogP contribution in [-0.4, -0.2) is 64.2 Å². The number of aliphatic hydroxyl groups excluding tert-OH is 4. The lowest BCUT2D eigenvalue weighted by molar-refractivity contribution is -0.231. The summed E-state index contributed by atoms with van der Waals surface area (Å²) in [5, 5.41) is 40.0. The summed E-state index contributed by atoms with van der Waals surface area (Å²) >= 11 is 6.28. The topological polar surface area (TPSA) is 99.4 Å². The van der Waals surface area contributed by atoms with Crippen molar-refractivity contribution < 1.29 is 43.1 Å². The van der Waals surface area contributed by atoms with E-state index in [9.17, 15) is 33.6 Å². The lowest BCUT2D eigenvalue weighted by atomic mass is 9.90. The summed E-state index contributed by atoms with van der Waals surface area (Å²) in [6.07, 6.45) is -10.5. The number of ether oxygens (including phenoxy) is 2. The van der Waals surface area contributed by atoms with Crippen molar-refractivity contribution in [1.82, 2.24) is 0 Å². The van der Waals surface area contributed by atoms with Crippen molar-refractivity contribution in [2.45, 2.75) is 43.1 Å². The summed E-state index contributed by atoms with van der Waals surface area (Å²) in [6.45, 7) is -1.91. The van der Waals surface area contributed by atoms with E-state index in [1.807, 2.05) is 0 Å². The van der Waals surface area contributed by atoms with Crippen LogP contribution in [0, 0.1) is 0 Å². The second kappa shape index (κ2) is 9.72. The zero-order chi connectivity index (χ0) is 22.8. The van der Waals surface area contributed by atoms with Crippen molar-refractivity contribution in [3.8, 4) is 5.75 Å². The first-order chi connectivity index (χ1) is 14.6. The monoisotopic (exact) mass is 462 g/mol. The van der Waals surface area contributed by atoms with E-state index in [0.717, 1.165) is 5.56 Å². The first-order valence-corrected chi connectivity index (χ1v) is 9.84. The highest BCUT2D eigenvalue weighted by Crippen LogP contribution is 2.34. The summed E-state index contributed by atoms with van der Waals surface area (Å²) in [5.41, 5.74) is 1.90. The van der Waals surface area contributed by atoms with E-state index in [2.05, 4.69) is 4.74 Å². The van der Waals surface area contributed by atoms with Crippen molar-refractivity contribution in [2.75, 3.05) is 13.2 Å². The Morgan fingerprint density at radius 3 is 2.26 bits per heavy atom. The third-order valence-corrected chi connectivity index (χ3v) is 5.38. The Balaban J connectivity index is 1.75. The molecule has 3 unspecified atom stereocenters. The number of benzene rings is 2. The zero-order valence-electron chi connectivity index (χ0n) is 16.2. The second-order valence-corrected chi connectivity index (χ2v) is 7.73. The molecule has 2 aromatic carbocycles. The summed E-state index contributed by atoms with van der Waals surface area (Å²) in [7, 11) is 0. The van der Waals surface area contributed by atoms with Gasteiger partial charge in [0.15, 0.2) is 6.61 Å². The Kier molecular flexibility index (Phi) is 7.46. The Hall–Kier alpha value is -1.88. The maximum Gasteiger partial charge on any atom is 0.422 e. The fraction of sp³-hybridized carbons (Fsp3) is 0.429. The van der Waals surface area contributed by atoms with Gasteiger partial charge in [0.05, 0.1) is 6.61 Å². The van der Waals surface area contributed by atoms with Gasteiger partial charge >= 0.3 is 6.18 Å². The van der Waals surface area contributed by atoms with Crippen LogP contribution in [0.3, 0.4) is 0 Å². The van der Waals surface area contributed by atoms with Gasteiger partial charge in [-0.15, -0.1) is 0 Å². The molecule has 0 spiro atoms. The minimum Gasteiger partial charge on any atom is -0.484 e. The number of rotatable bonds is 6. The third-order valence-electron chi connectivity index (χ3n) is 5.01. The van der Waals surface area contributed by atoms with Crippen LogP contribution in [0.4, 0.5) is 13.2 Å². The summed E-state index contributed by atoms with van der Waals surface area (Å²) in [4.78, 5) is 0. The molecule has 0 bridgehead atoms. The Bertz CT molecular complexity index is 874. The maximum absolute atomic E-state index is 12.3. The van der Waals surface area contributed by atoms with E-state index in [4.69, 9.17) is 16.3 Å². The van der Waals surface area contributed by atoms with E-state index in [1.165, 1.54) is 12.1 Å². The largest absolute Gasteiger partial charge is 0.484 e. The van der Waals surface area contributed by atoms with Crippen LogP contribution in [0.15, 0.2) is 42.5 Å². The van der Waals surface area contributed by atoms with Gasteiger partial charge in [0.2, 0.25) is 0 Å². The van der Waals surface area contributed by atoms with E-state index in [-0.39, 0.29) is 5.75 Å². The van der Waals surface area contributed by atoms with Crippen molar-refractivity contribution in [1.29, 1.82) is 0 Å². The maximum atomic E-state index is 12.3. The fourth-order valence-electron chi connectivity index (χ4n) is 3.37. The molecule has 6 nitrogen and oxygen atoms in total. The van der Waals surface area contributed by atoms with Gasteiger partial charge < -0.3 is 29.9 Å². The molecular weight excluding hydrogens is 441 g/mol. The van der Waals surface area contributed by atoms with Crippen LogP contribution < -0.4 is 4.74 Å². The van der Waals surface area contributed by atoms with E-state index in [0.29, 0.717) is 22.6 Å². The molecule has 0 aliphatic carbocycles. The Morgan fingerprint density at radius 1 is 0.968 bits per heavy atom. The first-order valence-electron chi connectivity index (χ1n) is 9.46. The van der Waals surface area contributed by atoms with Crippen LogP contribution in [-0.2, 0) is 11.2 Å². The van der Waals surface area contributed by atoms with Gasteiger partial charge in [0.1, 0.15) is 36.3 Å². The molecule has 31 heavy (non-hydrogen) atoms. The number of halogens is 4. The molecule has 0 aromatic heterocycles. The van der Waals surface area contributed by atoms with Gasteiger partial charge in [0, 0.05) is 5.02 Å². The molecule has 1 heterocycles. The van der Waals surface area contributed by atoms with E-state index < -0.39 is 49.9 Å². The molecule has 1 aliphatic rings. The number of hydrogen-bond donors (Lipinski definition) is 4. The minimum absolute atomic E-state index is 0.0854. The van der Waals surface area contributed by atoms with Crippen LogP contribution in [0.5, 0.6) is 5.75 Å². The highest BCUT2D eigenvalue weighted by molar-refractivity contribution is 6.31. The molecule has 3 rings (SSSR count). The summed E-state index contributed by atoms with van der Waals surface area (Å²) in [5.74, 6) is 0.0854. The zero-order valence-corrected chi connectivity index (χ0v) is 16.9. The SMILES string of the molecule is OCC1OC(c2ccc(Cl)c(Cc3ccc(OCC(F)(F)F)cc3)c2)[C@H](O)C(O)[C@@H]1O. The molecular formula is C21H22ClF3O6. The van der Waals surface area contributed by atoms with Crippen molar-refractivity contribution in [3.05, 3.63) is 64.2 Å². The number of aliphatic hydroxyl groups is 4. The van der Waals surface area contributed by atoms with Gasteiger partial charge in [0.25, 0.3) is 0 Å². The van der Waals surface area contributed by atoms with Crippen LogP contribution in [0.25, 0.3) is 0 Å².